The molecule has 0 saturated heterocycles. The van der Waals surface area contributed by atoms with E-state index in [4.69, 9.17) is 5.11 Å². The topological polar surface area (TPSA) is 77.8 Å². The van der Waals surface area contributed by atoms with E-state index in [1.165, 1.54) is 18.4 Å². The molecule has 0 saturated carbocycles. The molecule has 2 aliphatic rings. The van der Waals surface area contributed by atoms with Gasteiger partial charge in [-0.1, -0.05) is 32.1 Å². The van der Waals surface area contributed by atoms with E-state index < -0.39 is 18.2 Å². The van der Waals surface area contributed by atoms with Gasteiger partial charge in [0.05, 0.1) is 18.6 Å². The van der Waals surface area contributed by atoms with Crippen LogP contribution in [0.2, 0.25) is 0 Å². The van der Waals surface area contributed by atoms with E-state index in [0.29, 0.717) is 30.1 Å². The number of aliphatic carboxylic acids is 1. The number of carboxylic acids is 1. The summed E-state index contributed by atoms with van der Waals surface area (Å²) in [7, 11) is 0. The number of allylic oxidation sites excluding steroid dienone is 4. The zero-order chi connectivity index (χ0) is 17.0. The van der Waals surface area contributed by atoms with Crippen molar-refractivity contribution < 1.29 is 20.1 Å². The van der Waals surface area contributed by atoms with Crippen LogP contribution < -0.4 is 0 Å². The largest absolute Gasteiger partial charge is 0.481 e. The molecule has 0 unspecified atom stereocenters. The molecule has 4 nitrogen and oxygen atoms in total. The molecule has 23 heavy (non-hydrogen) atoms. The minimum absolute atomic E-state index is 0.146. The van der Waals surface area contributed by atoms with Crippen molar-refractivity contribution >= 4 is 5.97 Å². The third-order valence-electron chi connectivity index (χ3n) is 5.41. The second-order valence-corrected chi connectivity index (χ2v) is 7.43. The van der Waals surface area contributed by atoms with Crippen molar-refractivity contribution in [3.8, 4) is 0 Å². The second-order valence-electron chi connectivity index (χ2n) is 7.43. The molecule has 0 heterocycles. The van der Waals surface area contributed by atoms with Gasteiger partial charge in [-0.2, -0.15) is 0 Å². The fraction of sp³-hybridized carbons (Fsp3) is 0.737. The van der Waals surface area contributed by atoms with Crippen molar-refractivity contribution in [3.63, 3.8) is 0 Å². The van der Waals surface area contributed by atoms with Crippen molar-refractivity contribution in [1.82, 2.24) is 0 Å². The Kier molecular flexibility index (Phi) is 6.42. The molecule has 2 rings (SSSR count). The Labute approximate surface area is 138 Å². The van der Waals surface area contributed by atoms with Gasteiger partial charge in [0.25, 0.3) is 0 Å². The molecular weight excluding hydrogens is 292 g/mol. The fourth-order valence-corrected chi connectivity index (χ4v) is 4.12. The van der Waals surface area contributed by atoms with Crippen molar-refractivity contribution in [1.29, 1.82) is 0 Å². The van der Waals surface area contributed by atoms with Crippen LogP contribution in [-0.4, -0.2) is 33.5 Å². The average molecular weight is 322 g/mol. The minimum Gasteiger partial charge on any atom is -0.481 e. The zero-order valence-electron chi connectivity index (χ0n) is 14.2. The quantitative estimate of drug-likeness (QED) is 0.673. The predicted molar refractivity (Wildman–Crippen MR) is 89.9 cm³/mol. The van der Waals surface area contributed by atoms with Crippen molar-refractivity contribution in [2.45, 2.75) is 64.6 Å². The molecule has 6 atom stereocenters. The SMILES string of the molecule is C[C@H]1C=C2C=C[C@H](C)[C@H](CC[C@@H](O)C[C@@H](O)CC(=O)O)[C@H]2CC1. The number of aliphatic hydroxyl groups excluding tert-OH is 2. The van der Waals surface area contributed by atoms with E-state index in [-0.39, 0.29) is 12.8 Å². The lowest BCUT2D eigenvalue weighted by atomic mass is 9.66. The van der Waals surface area contributed by atoms with Gasteiger partial charge in [0.2, 0.25) is 0 Å². The summed E-state index contributed by atoms with van der Waals surface area (Å²) in [5.41, 5.74) is 1.45. The van der Waals surface area contributed by atoms with Crippen molar-refractivity contribution in [3.05, 3.63) is 23.8 Å². The number of hydrogen-bond donors (Lipinski definition) is 3. The maximum Gasteiger partial charge on any atom is 0.305 e. The van der Waals surface area contributed by atoms with E-state index >= 15 is 0 Å². The van der Waals surface area contributed by atoms with E-state index in [1.54, 1.807) is 0 Å². The Morgan fingerprint density at radius 2 is 2.00 bits per heavy atom. The van der Waals surface area contributed by atoms with Gasteiger partial charge in [-0.3, -0.25) is 4.79 Å². The van der Waals surface area contributed by atoms with E-state index in [1.807, 2.05) is 0 Å². The molecule has 0 fully saturated rings. The first-order valence-electron chi connectivity index (χ1n) is 8.84. The van der Waals surface area contributed by atoms with Gasteiger partial charge in [0.1, 0.15) is 0 Å². The Balaban J connectivity index is 1.88. The summed E-state index contributed by atoms with van der Waals surface area (Å²) in [6.45, 7) is 4.50. The molecule has 4 heteroatoms. The summed E-state index contributed by atoms with van der Waals surface area (Å²) in [4.78, 5) is 10.6. The first kappa shape index (κ1) is 18.2. The number of carboxylic acid groups (broad SMARTS) is 1. The molecule has 3 N–H and O–H groups in total. The summed E-state index contributed by atoms with van der Waals surface area (Å²) in [5.74, 6) is 1.24. The van der Waals surface area contributed by atoms with Gasteiger partial charge in [0.15, 0.2) is 0 Å². The maximum atomic E-state index is 10.6. The second kappa shape index (κ2) is 8.11. The molecular formula is C19H30O4. The predicted octanol–water partition coefficient (Wildman–Crippen LogP) is 3.15. The van der Waals surface area contributed by atoms with Crippen LogP contribution in [0.3, 0.4) is 0 Å². The van der Waals surface area contributed by atoms with Gasteiger partial charge in [-0.25, -0.2) is 0 Å². The summed E-state index contributed by atoms with van der Waals surface area (Å²) in [6.07, 6.45) is 9.17. The lowest BCUT2D eigenvalue weighted by Crippen LogP contribution is -2.30. The van der Waals surface area contributed by atoms with Crippen LogP contribution in [0.1, 0.15) is 52.4 Å². The maximum absolute atomic E-state index is 10.6. The highest BCUT2D eigenvalue weighted by molar-refractivity contribution is 5.67. The van der Waals surface area contributed by atoms with E-state index in [0.717, 1.165) is 6.42 Å². The Hall–Kier alpha value is -1.13. The molecule has 0 aromatic carbocycles. The Morgan fingerprint density at radius 3 is 2.70 bits per heavy atom. The third kappa shape index (κ3) is 5.18. The molecule has 0 aromatic rings. The van der Waals surface area contributed by atoms with Crippen LogP contribution in [0.25, 0.3) is 0 Å². The average Bonchev–Trinajstić information content (AvgIpc) is 2.45. The number of rotatable bonds is 7. The van der Waals surface area contributed by atoms with Gasteiger partial charge < -0.3 is 15.3 Å². The standard InChI is InChI=1S/C19H30O4/c1-12-3-7-18-14(9-12)5-4-13(2)17(18)8-6-15(20)10-16(21)11-19(22)23/h4-5,9,12-13,15-18,20-21H,3,6-8,10-11H2,1-2H3,(H,22,23)/t12-,13+,15-,16-,17+,18+/m1/s1. The first-order chi connectivity index (χ1) is 10.9. The summed E-state index contributed by atoms with van der Waals surface area (Å²) < 4.78 is 0. The van der Waals surface area contributed by atoms with Gasteiger partial charge in [-0.05, 0) is 61.3 Å². The van der Waals surface area contributed by atoms with Crippen LogP contribution in [-0.2, 0) is 4.79 Å². The zero-order valence-corrected chi connectivity index (χ0v) is 14.2. The van der Waals surface area contributed by atoms with Crippen LogP contribution in [0.4, 0.5) is 0 Å². The Bertz CT molecular complexity index is 468. The monoisotopic (exact) mass is 322 g/mol. The van der Waals surface area contributed by atoms with Crippen LogP contribution in [0, 0.1) is 23.7 Å². The molecule has 130 valence electrons. The number of hydrogen-bond acceptors (Lipinski definition) is 3. The molecule has 0 spiro atoms. The highest BCUT2D eigenvalue weighted by Crippen LogP contribution is 2.43. The van der Waals surface area contributed by atoms with Crippen molar-refractivity contribution in [2.75, 3.05) is 0 Å². The lowest BCUT2D eigenvalue weighted by Gasteiger charge is -2.39. The molecule has 2 aliphatic carbocycles. The first-order valence-corrected chi connectivity index (χ1v) is 8.84. The van der Waals surface area contributed by atoms with E-state index in [9.17, 15) is 15.0 Å². The lowest BCUT2D eigenvalue weighted by molar-refractivity contribution is -0.139. The normalized spacial score (nSPS) is 32.8. The smallest absolute Gasteiger partial charge is 0.305 e. The van der Waals surface area contributed by atoms with Crippen LogP contribution in [0.5, 0.6) is 0 Å². The van der Waals surface area contributed by atoms with Gasteiger partial charge in [0, 0.05) is 0 Å². The Morgan fingerprint density at radius 1 is 1.26 bits per heavy atom. The number of fused-ring (bicyclic) bond motifs is 1. The minimum atomic E-state index is -1.03. The summed E-state index contributed by atoms with van der Waals surface area (Å²) in [5, 5.41) is 28.4. The van der Waals surface area contributed by atoms with Crippen molar-refractivity contribution in [2.24, 2.45) is 23.7 Å². The van der Waals surface area contributed by atoms with Gasteiger partial charge in [-0.15, -0.1) is 0 Å². The molecule has 0 radical (unpaired) electrons. The highest BCUT2D eigenvalue weighted by Gasteiger charge is 2.33. The molecule has 0 aliphatic heterocycles. The van der Waals surface area contributed by atoms with E-state index in [2.05, 4.69) is 32.1 Å². The number of aliphatic hydroxyl groups is 2. The number of carbonyl (C=O) groups is 1. The third-order valence-corrected chi connectivity index (χ3v) is 5.41. The van der Waals surface area contributed by atoms with Gasteiger partial charge >= 0.3 is 5.97 Å². The fourth-order valence-electron chi connectivity index (χ4n) is 4.12. The molecule has 0 aromatic heterocycles. The van der Waals surface area contributed by atoms with Crippen LogP contribution in [0.15, 0.2) is 23.8 Å². The summed E-state index contributed by atoms with van der Waals surface area (Å²) in [6, 6.07) is 0. The highest BCUT2D eigenvalue weighted by atomic mass is 16.4. The summed E-state index contributed by atoms with van der Waals surface area (Å²) >= 11 is 0. The molecule has 0 amide bonds. The molecule has 0 bridgehead atoms. The van der Waals surface area contributed by atoms with Crippen LogP contribution >= 0.6 is 0 Å².